The molecular formula is C15H18N2S. The molecule has 0 amide bonds. The molecule has 0 aliphatic rings. The molecule has 0 spiro atoms. The van der Waals surface area contributed by atoms with E-state index < -0.39 is 0 Å². The fourth-order valence-corrected chi connectivity index (χ4v) is 2.19. The van der Waals surface area contributed by atoms with Crippen molar-refractivity contribution in [3.8, 4) is 0 Å². The summed E-state index contributed by atoms with van der Waals surface area (Å²) in [5.41, 5.74) is 3.38. The second-order valence-electron chi connectivity index (χ2n) is 4.33. The molecule has 1 unspecified atom stereocenters. The summed E-state index contributed by atoms with van der Waals surface area (Å²) in [6.45, 7) is 4.16. The molecule has 0 saturated carbocycles. The number of hydrogen-bond acceptors (Lipinski definition) is 3. The Hall–Kier alpha value is -1.48. The van der Waals surface area contributed by atoms with Gasteiger partial charge in [-0.25, -0.2) is 0 Å². The Kier molecular flexibility index (Phi) is 4.26. The first-order chi connectivity index (χ1) is 8.69. The molecule has 0 bridgehead atoms. The van der Waals surface area contributed by atoms with E-state index in [0.717, 1.165) is 11.4 Å². The minimum Gasteiger partial charge on any atom is -0.377 e. The van der Waals surface area contributed by atoms with Crippen LogP contribution in [0.25, 0.3) is 0 Å². The number of aromatic nitrogens is 1. The normalized spacial score (nSPS) is 12.2. The van der Waals surface area contributed by atoms with Crippen molar-refractivity contribution in [3.63, 3.8) is 0 Å². The van der Waals surface area contributed by atoms with Crippen LogP contribution in [-0.2, 0) is 0 Å². The zero-order valence-corrected chi connectivity index (χ0v) is 11.8. The summed E-state index contributed by atoms with van der Waals surface area (Å²) in [6, 6.07) is 13.0. The van der Waals surface area contributed by atoms with E-state index in [1.165, 1.54) is 10.5 Å². The minimum absolute atomic E-state index is 0.283. The largest absolute Gasteiger partial charge is 0.377 e. The average Bonchev–Trinajstić information content (AvgIpc) is 2.41. The number of nitrogens with one attached hydrogen (secondary N) is 1. The summed E-state index contributed by atoms with van der Waals surface area (Å²) >= 11 is 1.76. The van der Waals surface area contributed by atoms with E-state index in [2.05, 4.69) is 53.8 Å². The molecule has 1 N–H and O–H groups in total. The monoisotopic (exact) mass is 258 g/mol. The van der Waals surface area contributed by atoms with Crippen molar-refractivity contribution in [2.45, 2.75) is 24.8 Å². The van der Waals surface area contributed by atoms with Crippen LogP contribution in [0, 0.1) is 6.92 Å². The molecule has 1 atom stereocenters. The van der Waals surface area contributed by atoms with Crippen molar-refractivity contribution in [1.82, 2.24) is 4.98 Å². The van der Waals surface area contributed by atoms with E-state index in [4.69, 9.17) is 0 Å². The van der Waals surface area contributed by atoms with Crippen molar-refractivity contribution in [3.05, 3.63) is 53.9 Å². The fraction of sp³-hybridized carbons (Fsp3) is 0.267. The van der Waals surface area contributed by atoms with Crippen LogP contribution in [0.1, 0.15) is 24.2 Å². The van der Waals surface area contributed by atoms with Gasteiger partial charge in [-0.15, -0.1) is 11.8 Å². The van der Waals surface area contributed by atoms with Crippen LogP contribution in [0.15, 0.2) is 47.5 Å². The number of nitrogens with zero attached hydrogens (tertiary/aromatic N) is 1. The highest BCUT2D eigenvalue weighted by Crippen LogP contribution is 2.21. The van der Waals surface area contributed by atoms with Crippen molar-refractivity contribution in [2.24, 2.45) is 0 Å². The van der Waals surface area contributed by atoms with E-state index >= 15 is 0 Å². The quantitative estimate of drug-likeness (QED) is 0.828. The molecule has 94 valence electrons. The zero-order valence-electron chi connectivity index (χ0n) is 11.0. The molecule has 1 aromatic heterocycles. The molecule has 3 heteroatoms. The fourth-order valence-electron chi connectivity index (χ4n) is 1.78. The third kappa shape index (κ3) is 3.26. The van der Waals surface area contributed by atoms with E-state index in [1.807, 2.05) is 19.2 Å². The van der Waals surface area contributed by atoms with Crippen molar-refractivity contribution >= 4 is 17.4 Å². The van der Waals surface area contributed by atoms with Crippen LogP contribution in [0.4, 0.5) is 5.69 Å². The average molecular weight is 258 g/mol. The van der Waals surface area contributed by atoms with Gasteiger partial charge >= 0.3 is 0 Å². The van der Waals surface area contributed by atoms with Crippen LogP contribution in [0.2, 0.25) is 0 Å². The lowest BCUT2D eigenvalue weighted by molar-refractivity contribution is 0.880. The number of anilines is 1. The van der Waals surface area contributed by atoms with Crippen LogP contribution in [0.5, 0.6) is 0 Å². The topological polar surface area (TPSA) is 24.9 Å². The third-order valence-corrected chi connectivity index (χ3v) is 3.65. The van der Waals surface area contributed by atoms with E-state index in [1.54, 1.807) is 11.8 Å². The highest BCUT2D eigenvalue weighted by molar-refractivity contribution is 7.98. The maximum absolute atomic E-state index is 4.29. The highest BCUT2D eigenvalue weighted by Gasteiger charge is 2.05. The number of rotatable bonds is 4. The summed E-state index contributed by atoms with van der Waals surface area (Å²) in [5.74, 6) is 0. The van der Waals surface area contributed by atoms with Gasteiger partial charge in [0.1, 0.15) is 0 Å². The minimum atomic E-state index is 0.283. The summed E-state index contributed by atoms with van der Waals surface area (Å²) in [4.78, 5) is 5.58. The summed E-state index contributed by atoms with van der Waals surface area (Å²) in [7, 11) is 0. The highest BCUT2D eigenvalue weighted by atomic mass is 32.2. The molecule has 2 rings (SSSR count). The molecule has 0 aliphatic carbocycles. The molecule has 1 aromatic carbocycles. The van der Waals surface area contributed by atoms with Gasteiger partial charge in [0, 0.05) is 16.6 Å². The second kappa shape index (κ2) is 5.91. The maximum Gasteiger partial charge on any atom is 0.0531 e. The van der Waals surface area contributed by atoms with Gasteiger partial charge in [0.2, 0.25) is 0 Å². The second-order valence-corrected chi connectivity index (χ2v) is 5.21. The molecule has 2 aromatic rings. The Bertz CT molecular complexity index is 491. The first-order valence-corrected chi connectivity index (χ1v) is 7.24. The molecular weight excluding hydrogens is 240 g/mol. The molecule has 18 heavy (non-hydrogen) atoms. The van der Waals surface area contributed by atoms with Crippen LogP contribution in [0.3, 0.4) is 0 Å². The first kappa shape index (κ1) is 13.0. The van der Waals surface area contributed by atoms with E-state index in [9.17, 15) is 0 Å². The smallest absolute Gasteiger partial charge is 0.0531 e. The van der Waals surface area contributed by atoms with Gasteiger partial charge < -0.3 is 5.32 Å². The maximum atomic E-state index is 4.29. The number of thioether (sulfide) groups is 1. The van der Waals surface area contributed by atoms with Crippen LogP contribution >= 0.6 is 11.8 Å². The molecule has 0 fully saturated rings. The lowest BCUT2D eigenvalue weighted by atomic mass is 10.1. The lowest BCUT2D eigenvalue weighted by Gasteiger charge is -2.15. The standard InChI is InChI=1S/C15H18N2S/c1-11-4-7-14(10-16-11)17-12(2)13-5-8-15(18-3)9-6-13/h4-10,12,17H,1-3H3. The molecule has 0 saturated heterocycles. The Morgan fingerprint density at radius 3 is 2.39 bits per heavy atom. The van der Waals surface area contributed by atoms with Gasteiger partial charge in [0.15, 0.2) is 0 Å². The summed E-state index contributed by atoms with van der Waals surface area (Å²) in [5, 5.41) is 3.45. The van der Waals surface area contributed by atoms with Crippen molar-refractivity contribution in [1.29, 1.82) is 0 Å². The van der Waals surface area contributed by atoms with Gasteiger partial charge in [-0.3, -0.25) is 4.98 Å². The molecule has 0 radical (unpaired) electrons. The van der Waals surface area contributed by atoms with E-state index in [0.29, 0.717) is 0 Å². The Balaban J connectivity index is 2.06. The zero-order chi connectivity index (χ0) is 13.0. The third-order valence-electron chi connectivity index (χ3n) is 2.91. The predicted molar refractivity (Wildman–Crippen MR) is 79.2 cm³/mol. The molecule has 0 aliphatic heterocycles. The van der Waals surface area contributed by atoms with Gasteiger partial charge in [0.25, 0.3) is 0 Å². The van der Waals surface area contributed by atoms with Crippen LogP contribution < -0.4 is 5.32 Å². The summed E-state index contributed by atoms with van der Waals surface area (Å²) < 4.78 is 0. The number of aryl methyl sites for hydroxylation is 1. The van der Waals surface area contributed by atoms with Crippen LogP contribution in [-0.4, -0.2) is 11.2 Å². The van der Waals surface area contributed by atoms with Gasteiger partial charge in [-0.2, -0.15) is 0 Å². The van der Waals surface area contributed by atoms with Gasteiger partial charge in [0.05, 0.1) is 11.9 Å². The van der Waals surface area contributed by atoms with Crippen molar-refractivity contribution in [2.75, 3.05) is 11.6 Å². The number of hydrogen-bond donors (Lipinski definition) is 1. The van der Waals surface area contributed by atoms with Crippen molar-refractivity contribution < 1.29 is 0 Å². The first-order valence-electron chi connectivity index (χ1n) is 6.02. The predicted octanol–water partition coefficient (Wildman–Crippen LogP) is 4.29. The number of benzene rings is 1. The van der Waals surface area contributed by atoms with E-state index in [-0.39, 0.29) is 6.04 Å². The SMILES string of the molecule is CSc1ccc(C(C)Nc2ccc(C)nc2)cc1. The molecule has 1 heterocycles. The van der Waals surface area contributed by atoms with Gasteiger partial charge in [-0.1, -0.05) is 12.1 Å². The summed E-state index contributed by atoms with van der Waals surface area (Å²) in [6.07, 6.45) is 3.97. The Morgan fingerprint density at radius 1 is 1.11 bits per heavy atom. The lowest BCUT2D eigenvalue weighted by Crippen LogP contribution is -2.06. The Morgan fingerprint density at radius 2 is 1.83 bits per heavy atom. The van der Waals surface area contributed by atoms with Gasteiger partial charge in [-0.05, 0) is 49.9 Å². The Labute approximate surface area is 113 Å². The molecule has 2 nitrogen and oxygen atoms in total. The number of pyridine rings is 1.